The second-order valence-corrected chi connectivity index (χ2v) is 3.82. The zero-order valence-electron chi connectivity index (χ0n) is 9.73. The molecular weight excluding hydrogens is 212 g/mol. The number of nitrogens with two attached hydrogens (primary N) is 1. The number of aryl methyl sites for hydroxylation is 2. The van der Waals surface area contributed by atoms with Crippen molar-refractivity contribution in [1.29, 1.82) is 5.26 Å². The van der Waals surface area contributed by atoms with Crippen LogP contribution in [0.5, 0.6) is 0 Å². The molecule has 2 N–H and O–H groups in total. The van der Waals surface area contributed by atoms with Crippen molar-refractivity contribution in [3.05, 3.63) is 41.2 Å². The zero-order chi connectivity index (χ0) is 12.4. The van der Waals surface area contributed by atoms with Crippen molar-refractivity contribution in [1.82, 2.24) is 9.97 Å². The van der Waals surface area contributed by atoms with Crippen LogP contribution in [0.4, 0.5) is 5.82 Å². The van der Waals surface area contributed by atoms with Gasteiger partial charge in [-0.2, -0.15) is 5.26 Å². The van der Waals surface area contributed by atoms with E-state index < -0.39 is 0 Å². The van der Waals surface area contributed by atoms with E-state index in [0.29, 0.717) is 17.1 Å². The summed E-state index contributed by atoms with van der Waals surface area (Å²) >= 11 is 0. The fraction of sp³-hybridized carbons (Fsp3) is 0.154. The maximum atomic E-state index is 8.86. The Bertz CT molecular complexity index is 611. The lowest BCUT2D eigenvalue weighted by Gasteiger charge is -2.07. The lowest BCUT2D eigenvalue weighted by atomic mass is 10.1. The number of hydrogen-bond acceptors (Lipinski definition) is 4. The molecule has 84 valence electrons. The summed E-state index contributed by atoms with van der Waals surface area (Å²) in [7, 11) is 0. The van der Waals surface area contributed by atoms with Gasteiger partial charge in [-0.3, -0.25) is 0 Å². The number of anilines is 1. The van der Waals surface area contributed by atoms with Gasteiger partial charge >= 0.3 is 0 Å². The molecule has 4 heteroatoms. The van der Waals surface area contributed by atoms with E-state index in [1.165, 1.54) is 0 Å². The summed E-state index contributed by atoms with van der Waals surface area (Å²) in [6.07, 6.45) is 0. The number of benzene rings is 1. The highest BCUT2D eigenvalue weighted by Gasteiger charge is 2.08. The molecule has 0 spiro atoms. The van der Waals surface area contributed by atoms with E-state index in [1.54, 1.807) is 12.1 Å². The van der Waals surface area contributed by atoms with Gasteiger partial charge < -0.3 is 5.73 Å². The minimum Gasteiger partial charge on any atom is -0.382 e. The molecule has 0 aliphatic rings. The zero-order valence-corrected chi connectivity index (χ0v) is 9.73. The summed E-state index contributed by atoms with van der Waals surface area (Å²) in [5.74, 6) is 0.392. The molecule has 0 fully saturated rings. The number of aromatic nitrogens is 2. The molecule has 1 aromatic heterocycles. The van der Waals surface area contributed by atoms with Crippen LogP contribution in [-0.2, 0) is 0 Å². The largest absolute Gasteiger partial charge is 0.382 e. The van der Waals surface area contributed by atoms with Gasteiger partial charge in [0.25, 0.3) is 0 Å². The molecule has 17 heavy (non-hydrogen) atoms. The standard InChI is InChI=1S/C13H12N4/c1-8-9(2)17-13(15)12(16-8)11-5-3-4-10(6-11)7-14/h3-6H,1-2H3,(H2,15,17). The highest BCUT2D eigenvalue weighted by Crippen LogP contribution is 2.23. The quantitative estimate of drug-likeness (QED) is 0.805. The lowest BCUT2D eigenvalue weighted by Crippen LogP contribution is -2.02. The third kappa shape index (κ3) is 2.08. The molecule has 2 aromatic rings. The van der Waals surface area contributed by atoms with Crippen LogP contribution in [0.2, 0.25) is 0 Å². The van der Waals surface area contributed by atoms with E-state index in [9.17, 15) is 0 Å². The second-order valence-electron chi connectivity index (χ2n) is 3.82. The smallest absolute Gasteiger partial charge is 0.150 e. The molecule has 0 amide bonds. The lowest BCUT2D eigenvalue weighted by molar-refractivity contribution is 1.06. The minimum absolute atomic E-state index is 0.392. The molecule has 0 atom stereocenters. The molecule has 0 aliphatic heterocycles. The summed E-state index contributed by atoms with van der Waals surface area (Å²) in [4.78, 5) is 8.66. The normalized spacial score (nSPS) is 9.94. The summed E-state index contributed by atoms with van der Waals surface area (Å²) in [5, 5.41) is 8.86. The van der Waals surface area contributed by atoms with Crippen molar-refractivity contribution in [3.63, 3.8) is 0 Å². The number of rotatable bonds is 1. The molecule has 1 heterocycles. The first-order valence-electron chi connectivity index (χ1n) is 5.23. The van der Waals surface area contributed by atoms with Crippen LogP contribution in [0.3, 0.4) is 0 Å². The molecule has 1 aromatic carbocycles. The van der Waals surface area contributed by atoms with Gasteiger partial charge in [-0.15, -0.1) is 0 Å². The van der Waals surface area contributed by atoms with Gasteiger partial charge in [0.15, 0.2) is 0 Å². The van der Waals surface area contributed by atoms with Crippen molar-refractivity contribution in [2.75, 3.05) is 5.73 Å². The minimum atomic E-state index is 0.392. The van der Waals surface area contributed by atoms with Gasteiger partial charge in [-0.25, -0.2) is 9.97 Å². The fourth-order valence-electron chi connectivity index (χ4n) is 1.57. The monoisotopic (exact) mass is 224 g/mol. The summed E-state index contributed by atoms with van der Waals surface area (Å²) < 4.78 is 0. The van der Waals surface area contributed by atoms with Crippen LogP contribution in [0.25, 0.3) is 11.3 Å². The van der Waals surface area contributed by atoms with E-state index in [-0.39, 0.29) is 0 Å². The van der Waals surface area contributed by atoms with Crippen molar-refractivity contribution in [2.45, 2.75) is 13.8 Å². The Morgan fingerprint density at radius 2 is 1.88 bits per heavy atom. The van der Waals surface area contributed by atoms with Crippen LogP contribution >= 0.6 is 0 Å². The van der Waals surface area contributed by atoms with Gasteiger partial charge in [-0.1, -0.05) is 12.1 Å². The first-order chi connectivity index (χ1) is 8.11. The van der Waals surface area contributed by atoms with Gasteiger partial charge in [0.1, 0.15) is 11.5 Å². The maximum absolute atomic E-state index is 8.86. The highest BCUT2D eigenvalue weighted by atomic mass is 14.9. The van der Waals surface area contributed by atoms with Crippen LogP contribution in [-0.4, -0.2) is 9.97 Å². The Labute approximate surface area is 99.8 Å². The Morgan fingerprint density at radius 3 is 2.59 bits per heavy atom. The number of nitrogen functional groups attached to an aromatic ring is 1. The Morgan fingerprint density at radius 1 is 1.18 bits per heavy atom. The second kappa shape index (κ2) is 4.22. The fourth-order valence-corrected chi connectivity index (χ4v) is 1.57. The van der Waals surface area contributed by atoms with E-state index in [4.69, 9.17) is 11.0 Å². The first kappa shape index (κ1) is 11.1. The average Bonchev–Trinajstić information content (AvgIpc) is 2.34. The Balaban J connectivity index is 2.61. The van der Waals surface area contributed by atoms with Crippen LogP contribution < -0.4 is 5.73 Å². The van der Waals surface area contributed by atoms with Crippen molar-refractivity contribution < 1.29 is 0 Å². The molecule has 0 unspecified atom stereocenters. The molecule has 0 radical (unpaired) electrons. The highest BCUT2D eigenvalue weighted by molar-refractivity contribution is 5.71. The predicted octanol–water partition coefficient (Wildman–Crippen LogP) is 2.21. The molecule has 4 nitrogen and oxygen atoms in total. The van der Waals surface area contributed by atoms with Crippen molar-refractivity contribution in [3.8, 4) is 17.3 Å². The summed E-state index contributed by atoms with van der Waals surface area (Å²) in [6, 6.07) is 9.28. The van der Waals surface area contributed by atoms with Crippen LogP contribution in [0, 0.1) is 25.2 Å². The van der Waals surface area contributed by atoms with Crippen molar-refractivity contribution >= 4 is 5.82 Å². The van der Waals surface area contributed by atoms with Gasteiger partial charge in [-0.05, 0) is 26.0 Å². The molecule has 0 saturated carbocycles. The van der Waals surface area contributed by atoms with E-state index in [1.807, 2.05) is 26.0 Å². The molecule has 0 bridgehead atoms. The maximum Gasteiger partial charge on any atom is 0.150 e. The topological polar surface area (TPSA) is 75.6 Å². The third-order valence-electron chi connectivity index (χ3n) is 2.60. The van der Waals surface area contributed by atoms with E-state index >= 15 is 0 Å². The third-order valence-corrected chi connectivity index (χ3v) is 2.60. The average molecular weight is 224 g/mol. The Kier molecular flexibility index (Phi) is 2.75. The number of nitrogens with zero attached hydrogens (tertiary/aromatic N) is 3. The SMILES string of the molecule is Cc1nc(N)c(-c2cccc(C#N)c2)nc1C. The van der Waals surface area contributed by atoms with Gasteiger partial charge in [0, 0.05) is 5.56 Å². The molecular formula is C13H12N4. The Hall–Kier alpha value is -2.41. The van der Waals surface area contributed by atoms with Crippen LogP contribution in [0.1, 0.15) is 17.0 Å². The first-order valence-corrected chi connectivity index (χ1v) is 5.23. The summed E-state index contributed by atoms with van der Waals surface area (Å²) in [6.45, 7) is 3.76. The number of hydrogen-bond donors (Lipinski definition) is 1. The van der Waals surface area contributed by atoms with Crippen molar-refractivity contribution in [2.24, 2.45) is 0 Å². The number of nitriles is 1. The molecule has 0 aliphatic carbocycles. The van der Waals surface area contributed by atoms with E-state index in [0.717, 1.165) is 17.0 Å². The van der Waals surface area contributed by atoms with Gasteiger partial charge in [0.05, 0.1) is 23.0 Å². The molecule has 0 saturated heterocycles. The van der Waals surface area contributed by atoms with Crippen LogP contribution in [0.15, 0.2) is 24.3 Å². The van der Waals surface area contributed by atoms with E-state index in [2.05, 4.69) is 16.0 Å². The molecule has 2 rings (SSSR count). The predicted molar refractivity (Wildman–Crippen MR) is 66.1 cm³/mol. The summed E-state index contributed by atoms with van der Waals surface area (Å²) in [5.41, 5.74) is 9.56. The van der Waals surface area contributed by atoms with Gasteiger partial charge in [0.2, 0.25) is 0 Å².